The molecule has 1 aromatic heterocycles. The first-order valence-electron chi connectivity index (χ1n) is 11.8. The lowest BCUT2D eigenvalue weighted by molar-refractivity contribution is -0.695. The van der Waals surface area contributed by atoms with E-state index in [1.165, 1.54) is 4.90 Å². The first-order chi connectivity index (χ1) is 17.0. The number of benzene rings is 2. The largest absolute Gasteiger partial charge is 0.872 e. The van der Waals surface area contributed by atoms with Crippen molar-refractivity contribution in [3.05, 3.63) is 84.0 Å². The zero-order valence-corrected chi connectivity index (χ0v) is 19.9. The molecule has 0 spiro atoms. The molecule has 1 N–H and O–H groups in total. The standard InChI is InChI=1S/C27H29N3O5/c1-3-34-21-12-11-20(17-22(21)35-4-2)24-23(25(31)19-9-6-5-7-10-19)26(32)27(33)30(24)15-8-14-29-16-13-28-18-29/h5-7,9-13,16-18,24H,3-4,8,14-15H2,1-2H3,(H,31,32). The minimum Gasteiger partial charge on any atom is -0.872 e. The Morgan fingerprint density at radius 2 is 1.80 bits per heavy atom. The van der Waals surface area contributed by atoms with Crippen LogP contribution in [0.5, 0.6) is 11.5 Å². The van der Waals surface area contributed by atoms with E-state index in [1.807, 2.05) is 37.1 Å². The third-order valence-corrected chi connectivity index (χ3v) is 5.87. The van der Waals surface area contributed by atoms with Crippen LogP contribution in [0.25, 0.3) is 5.76 Å². The third kappa shape index (κ3) is 5.06. The number of Topliss-reactive ketones (excluding diaryl/α,β-unsaturated/α-hetero) is 1. The van der Waals surface area contributed by atoms with E-state index in [2.05, 4.69) is 4.98 Å². The van der Waals surface area contributed by atoms with Crippen LogP contribution in [0, 0.1) is 0 Å². The Bertz CT molecular complexity index is 1200. The van der Waals surface area contributed by atoms with Crippen LogP contribution in [0.4, 0.5) is 0 Å². The summed E-state index contributed by atoms with van der Waals surface area (Å²) >= 11 is 0. The lowest BCUT2D eigenvalue weighted by Gasteiger charge is -2.28. The number of nitrogens with one attached hydrogen (secondary N) is 1. The highest BCUT2D eigenvalue weighted by atomic mass is 16.5. The summed E-state index contributed by atoms with van der Waals surface area (Å²) in [6, 6.07) is 13.1. The highest BCUT2D eigenvalue weighted by Gasteiger charge is 2.44. The molecule has 1 saturated heterocycles. The Morgan fingerprint density at radius 1 is 1.06 bits per heavy atom. The molecule has 182 valence electrons. The number of aromatic amines is 1. The van der Waals surface area contributed by atoms with Gasteiger partial charge < -0.3 is 19.5 Å². The maximum atomic E-state index is 13.5. The fraction of sp³-hybridized carbons (Fsp3) is 0.296. The Morgan fingerprint density at radius 3 is 2.49 bits per heavy atom. The fourth-order valence-electron chi connectivity index (χ4n) is 4.31. The van der Waals surface area contributed by atoms with Gasteiger partial charge in [-0.25, -0.2) is 4.57 Å². The van der Waals surface area contributed by atoms with Crippen molar-refractivity contribution in [2.45, 2.75) is 32.9 Å². The molecule has 0 bridgehead atoms. The predicted octanol–water partition coefficient (Wildman–Crippen LogP) is 2.41. The van der Waals surface area contributed by atoms with Crippen molar-refractivity contribution in [3.63, 3.8) is 0 Å². The van der Waals surface area contributed by atoms with Crippen molar-refractivity contribution in [1.82, 2.24) is 9.88 Å². The van der Waals surface area contributed by atoms with Crippen molar-refractivity contribution in [2.24, 2.45) is 0 Å². The summed E-state index contributed by atoms with van der Waals surface area (Å²) in [5, 5.41) is 13.5. The van der Waals surface area contributed by atoms with Crippen molar-refractivity contribution >= 4 is 17.4 Å². The molecule has 2 heterocycles. The molecule has 35 heavy (non-hydrogen) atoms. The zero-order chi connectivity index (χ0) is 24.8. The molecular formula is C27H29N3O5. The summed E-state index contributed by atoms with van der Waals surface area (Å²) in [4.78, 5) is 30.8. The normalized spacial score (nSPS) is 17.1. The molecule has 0 radical (unpaired) electrons. The van der Waals surface area contributed by atoms with Gasteiger partial charge in [0.25, 0.3) is 5.91 Å². The van der Waals surface area contributed by atoms with Gasteiger partial charge in [0.2, 0.25) is 12.1 Å². The van der Waals surface area contributed by atoms with Crippen LogP contribution < -0.4 is 19.1 Å². The smallest absolute Gasteiger partial charge is 0.295 e. The number of aromatic nitrogens is 2. The van der Waals surface area contributed by atoms with Crippen molar-refractivity contribution in [2.75, 3.05) is 19.8 Å². The average Bonchev–Trinajstić information content (AvgIpc) is 3.48. The maximum Gasteiger partial charge on any atom is 0.295 e. The molecule has 1 unspecified atom stereocenters. The molecule has 1 aliphatic rings. The van der Waals surface area contributed by atoms with E-state index in [9.17, 15) is 14.7 Å². The number of imidazole rings is 1. The van der Waals surface area contributed by atoms with Crippen molar-refractivity contribution in [1.29, 1.82) is 0 Å². The number of nitrogens with zero attached hydrogens (tertiary/aromatic N) is 2. The number of H-pyrrole nitrogens is 1. The molecular weight excluding hydrogens is 446 g/mol. The first-order valence-corrected chi connectivity index (χ1v) is 11.8. The second-order valence-corrected chi connectivity index (χ2v) is 8.11. The van der Waals surface area contributed by atoms with Crippen LogP contribution in [-0.2, 0) is 16.1 Å². The number of hydrogen-bond acceptors (Lipinski definition) is 5. The molecule has 8 heteroatoms. The van der Waals surface area contributed by atoms with Crippen LogP contribution in [0.3, 0.4) is 0 Å². The SMILES string of the molecule is CCOc1ccc(C2C(=C([O-])c3ccccc3)C(=O)C(=O)N2CCC[n+]2cc[nH]c2)cc1OCC. The van der Waals surface area contributed by atoms with Gasteiger partial charge in [-0.05, 0) is 37.1 Å². The molecule has 0 saturated carbocycles. The van der Waals surface area contributed by atoms with Gasteiger partial charge in [0.1, 0.15) is 12.4 Å². The van der Waals surface area contributed by atoms with Gasteiger partial charge in [-0.3, -0.25) is 14.6 Å². The molecule has 1 amide bonds. The number of ether oxygens (including phenoxy) is 2. The number of carbonyl (C=O) groups excluding carboxylic acids is 2. The monoisotopic (exact) mass is 475 g/mol. The molecule has 1 aliphatic heterocycles. The first kappa shape index (κ1) is 24.1. The summed E-state index contributed by atoms with van der Waals surface area (Å²) in [5.41, 5.74) is 0.959. The van der Waals surface area contributed by atoms with Crippen LogP contribution in [0.2, 0.25) is 0 Å². The van der Waals surface area contributed by atoms with Gasteiger partial charge in [0, 0.05) is 18.5 Å². The van der Waals surface area contributed by atoms with E-state index in [1.54, 1.807) is 48.5 Å². The second kappa shape index (κ2) is 10.9. The number of amides is 1. The topological polar surface area (TPSA) is 98.6 Å². The van der Waals surface area contributed by atoms with E-state index in [-0.39, 0.29) is 5.57 Å². The summed E-state index contributed by atoms with van der Waals surface area (Å²) in [5.74, 6) is -0.790. The molecule has 3 aromatic rings. The molecule has 4 rings (SSSR count). The van der Waals surface area contributed by atoms with Crippen LogP contribution in [0.15, 0.2) is 72.8 Å². The summed E-state index contributed by atoms with van der Waals surface area (Å²) < 4.78 is 13.4. The number of carbonyl (C=O) groups is 2. The molecule has 0 aliphatic carbocycles. The van der Waals surface area contributed by atoms with E-state index in [4.69, 9.17) is 9.47 Å². The van der Waals surface area contributed by atoms with E-state index >= 15 is 0 Å². The lowest BCUT2D eigenvalue weighted by atomic mass is 9.95. The number of rotatable bonds is 10. The summed E-state index contributed by atoms with van der Waals surface area (Å²) in [6.07, 6.45) is 6.14. The van der Waals surface area contributed by atoms with Crippen LogP contribution >= 0.6 is 0 Å². The zero-order valence-electron chi connectivity index (χ0n) is 19.9. The van der Waals surface area contributed by atoms with Crippen LogP contribution in [0.1, 0.15) is 37.4 Å². The lowest BCUT2D eigenvalue weighted by Crippen LogP contribution is -2.36. The van der Waals surface area contributed by atoms with E-state index in [0.717, 1.165) is 0 Å². The molecule has 8 nitrogen and oxygen atoms in total. The summed E-state index contributed by atoms with van der Waals surface area (Å²) in [7, 11) is 0. The number of ketones is 1. The molecule has 1 atom stereocenters. The second-order valence-electron chi connectivity index (χ2n) is 8.11. The van der Waals surface area contributed by atoms with Crippen molar-refractivity contribution in [3.8, 4) is 11.5 Å². The van der Waals surface area contributed by atoms with Gasteiger partial charge in [0.15, 0.2) is 11.5 Å². The quantitative estimate of drug-likeness (QED) is 0.210. The van der Waals surface area contributed by atoms with Crippen molar-refractivity contribution < 1.29 is 28.7 Å². The molecule has 2 aromatic carbocycles. The fourth-order valence-corrected chi connectivity index (χ4v) is 4.31. The van der Waals surface area contributed by atoms with Gasteiger partial charge in [0.05, 0.1) is 25.8 Å². The van der Waals surface area contributed by atoms with Gasteiger partial charge in [-0.2, -0.15) is 0 Å². The Labute approximate surface area is 204 Å². The number of hydrogen-bond donors (Lipinski definition) is 1. The Hall–Kier alpha value is -4.07. The van der Waals surface area contributed by atoms with Gasteiger partial charge in [-0.1, -0.05) is 42.2 Å². The van der Waals surface area contributed by atoms with Gasteiger partial charge >= 0.3 is 0 Å². The summed E-state index contributed by atoms with van der Waals surface area (Å²) in [6.45, 7) is 5.61. The minimum absolute atomic E-state index is 0.0397. The minimum atomic E-state index is -0.811. The van der Waals surface area contributed by atoms with E-state index in [0.29, 0.717) is 55.4 Å². The third-order valence-electron chi connectivity index (χ3n) is 5.87. The average molecular weight is 476 g/mol. The van der Waals surface area contributed by atoms with Gasteiger partial charge in [-0.15, -0.1) is 0 Å². The maximum absolute atomic E-state index is 13.5. The van der Waals surface area contributed by atoms with E-state index < -0.39 is 23.5 Å². The molecule has 1 fully saturated rings. The number of aryl methyl sites for hydroxylation is 1. The predicted molar refractivity (Wildman–Crippen MR) is 127 cm³/mol. The van der Waals surface area contributed by atoms with Crippen LogP contribution in [-0.4, -0.2) is 41.3 Å². The highest BCUT2D eigenvalue weighted by Crippen LogP contribution is 2.41. The highest BCUT2D eigenvalue weighted by molar-refractivity contribution is 6.46. The Kier molecular flexibility index (Phi) is 7.50. The Balaban J connectivity index is 1.77. The number of likely N-dealkylation sites (tertiary alicyclic amines) is 1.